The molecular formula is C9H19N3O2S. The standard InChI is InChI=1S/C9H19N3O2S/c1-8-2-4-12(7-9(8)6-11)15(13,14)5-3-10/h6,8-9,11H,2-5,7,10H2,1H3. The van der Waals surface area contributed by atoms with Crippen LogP contribution in [0, 0.1) is 17.2 Å². The lowest BCUT2D eigenvalue weighted by Crippen LogP contribution is -2.45. The van der Waals surface area contributed by atoms with Gasteiger partial charge in [-0.1, -0.05) is 6.92 Å². The number of nitrogens with one attached hydrogen (secondary N) is 1. The van der Waals surface area contributed by atoms with Crippen molar-refractivity contribution in [3.63, 3.8) is 0 Å². The lowest BCUT2D eigenvalue weighted by atomic mass is 9.89. The Bertz CT molecular complexity index is 315. The van der Waals surface area contributed by atoms with Crippen LogP contribution in [0.25, 0.3) is 0 Å². The molecule has 0 bridgehead atoms. The Morgan fingerprint density at radius 3 is 2.80 bits per heavy atom. The third kappa shape index (κ3) is 2.99. The van der Waals surface area contributed by atoms with E-state index in [-0.39, 0.29) is 18.2 Å². The predicted molar refractivity (Wildman–Crippen MR) is 60.5 cm³/mol. The van der Waals surface area contributed by atoms with E-state index in [2.05, 4.69) is 6.92 Å². The number of rotatable bonds is 4. The van der Waals surface area contributed by atoms with Crippen LogP contribution in [0.1, 0.15) is 13.3 Å². The van der Waals surface area contributed by atoms with Crippen LogP contribution in [0.4, 0.5) is 0 Å². The van der Waals surface area contributed by atoms with Crippen molar-refractivity contribution >= 4 is 16.2 Å². The van der Waals surface area contributed by atoms with Crippen LogP contribution < -0.4 is 5.73 Å². The molecular weight excluding hydrogens is 214 g/mol. The smallest absolute Gasteiger partial charge is 0.215 e. The normalized spacial score (nSPS) is 28.9. The van der Waals surface area contributed by atoms with E-state index < -0.39 is 10.0 Å². The molecule has 0 aromatic rings. The Morgan fingerprint density at radius 2 is 2.27 bits per heavy atom. The highest BCUT2D eigenvalue weighted by Crippen LogP contribution is 2.23. The van der Waals surface area contributed by atoms with Crippen LogP contribution in [-0.2, 0) is 10.0 Å². The van der Waals surface area contributed by atoms with Gasteiger partial charge in [-0.15, -0.1) is 0 Å². The minimum Gasteiger partial charge on any atom is -0.329 e. The Morgan fingerprint density at radius 1 is 1.60 bits per heavy atom. The molecule has 1 heterocycles. The fourth-order valence-electron chi connectivity index (χ4n) is 1.82. The third-order valence-corrected chi connectivity index (χ3v) is 4.83. The number of sulfonamides is 1. The summed E-state index contributed by atoms with van der Waals surface area (Å²) in [5.41, 5.74) is 5.27. The summed E-state index contributed by atoms with van der Waals surface area (Å²) in [6, 6.07) is 0. The van der Waals surface area contributed by atoms with Gasteiger partial charge in [-0.3, -0.25) is 0 Å². The largest absolute Gasteiger partial charge is 0.329 e. The summed E-state index contributed by atoms with van der Waals surface area (Å²) in [6.07, 6.45) is 2.18. The maximum absolute atomic E-state index is 11.7. The first kappa shape index (κ1) is 12.6. The summed E-state index contributed by atoms with van der Waals surface area (Å²) in [5, 5.41) is 7.25. The maximum Gasteiger partial charge on any atom is 0.215 e. The van der Waals surface area contributed by atoms with Crippen LogP contribution in [0.2, 0.25) is 0 Å². The first-order chi connectivity index (χ1) is 7.01. The van der Waals surface area contributed by atoms with Gasteiger partial charge < -0.3 is 11.1 Å². The summed E-state index contributed by atoms with van der Waals surface area (Å²) >= 11 is 0. The second-order valence-electron chi connectivity index (χ2n) is 4.06. The van der Waals surface area contributed by atoms with Gasteiger partial charge in [0.2, 0.25) is 10.0 Å². The molecule has 0 radical (unpaired) electrons. The average molecular weight is 233 g/mol. The molecule has 2 unspecified atom stereocenters. The molecule has 0 aliphatic carbocycles. The zero-order chi connectivity index (χ0) is 11.5. The van der Waals surface area contributed by atoms with E-state index in [0.29, 0.717) is 19.0 Å². The van der Waals surface area contributed by atoms with E-state index in [0.717, 1.165) is 6.42 Å². The van der Waals surface area contributed by atoms with Gasteiger partial charge in [-0.05, 0) is 18.6 Å². The number of nitrogens with zero attached hydrogens (tertiary/aromatic N) is 1. The Kier molecular flexibility index (Phi) is 4.24. The molecule has 1 rings (SSSR count). The van der Waals surface area contributed by atoms with Gasteiger partial charge in [0.25, 0.3) is 0 Å². The van der Waals surface area contributed by atoms with E-state index in [1.165, 1.54) is 10.5 Å². The van der Waals surface area contributed by atoms with Crippen molar-refractivity contribution in [3.8, 4) is 0 Å². The molecule has 1 fully saturated rings. The van der Waals surface area contributed by atoms with Crippen LogP contribution in [0.3, 0.4) is 0 Å². The number of nitrogens with two attached hydrogens (primary N) is 1. The lowest BCUT2D eigenvalue weighted by Gasteiger charge is -2.34. The Hall–Kier alpha value is -0.460. The van der Waals surface area contributed by atoms with Crippen LogP contribution in [0.5, 0.6) is 0 Å². The molecule has 0 saturated carbocycles. The molecule has 15 heavy (non-hydrogen) atoms. The summed E-state index contributed by atoms with van der Waals surface area (Å²) in [5.74, 6) is 0.449. The van der Waals surface area contributed by atoms with Crippen molar-refractivity contribution in [2.24, 2.45) is 17.6 Å². The fourth-order valence-corrected chi connectivity index (χ4v) is 3.15. The highest BCUT2D eigenvalue weighted by Gasteiger charge is 2.31. The molecule has 6 heteroatoms. The second kappa shape index (κ2) is 5.05. The Labute approximate surface area is 91.2 Å². The van der Waals surface area contributed by atoms with E-state index in [1.54, 1.807) is 0 Å². The van der Waals surface area contributed by atoms with Crippen molar-refractivity contribution in [2.45, 2.75) is 13.3 Å². The molecule has 88 valence electrons. The van der Waals surface area contributed by atoms with Crippen molar-refractivity contribution in [3.05, 3.63) is 0 Å². The highest BCUT2D eigenvalue weighted by molar-refractivity contribution is 7.89. The topological polar surface area (TPSA) is 87.2 Å². The molecule has 1 aliphatic heterocycles. The van der Waals surface area contributed by atoms with Gasteiger partial charge in [-0.25, -0.2) is 12.7 Å². The zero-order valence-corrected chi connectivity index (χ0v) is 9.83. The quantitative estimate of drug-likeness (QED) is 0.664. The first-order valence-electron chi connectivity index (χ1n) is 5.19. The summed E-state index contributed by atoms with van der Waals surface area (Å²) < 4.78 is 24.9. The van der Waals surface area contributed by atoms with Crippen LogP contribution >= 0.6 is 0 Å². The van der Waals surface area contributed by atoms with Crippen LogP contribution in [-0.4, -0.2) is 44.3 Å². The van der Waals surface area contributed by atoms with Gasteiger partial charge in [0.15, 0.2) is 0 Å². The second-order valence-corrected chi connectivity index (χ2v) is 6.15. The van der Waals surface area contributed by atoms with Crippen molar-refractivity contribution in [1.82, 2.24) is 4.31 Å². The number of hydrogen-bond donors (Lipinski definition) is 2. The summed E-state index contributed by atoms with van der Waals surface area (Å²) in [4.78, 5) is 0. The molecule has 3 N–H and O–H groups in total. The number of piperidine rings is 1. The predicted octanol–water partition coefficient (Wildman–Crippen LogP) is -0.118. The number of hydrogen-bond acceptors (Lipinski definition) is 4. The minimum absolute atomic E-state index is 0.00605. The molecule has 2 atom stereocenters. The van der Waals surface area contributed by atoms with Gasteiger partial charge in [-0.2, -0.15) is 0 Å². The summed E-state index contributed by atoms with van der Waals surface area (Å²) in [7, 11) is -3.19. The van der Waals surface area contributed by atoms with Gasteiger partial charge in [0.1, 0.15) is 0 Å². The molecule has 0 spiro atoms. The van der Waals surface area contributed by atoms with Crippen molar-refractivity contribution in [1.29, 1.82) is 5.41 Å². The fraction of sp³-hybridized carbons (Fsp3) is 0.889. The summed E-state index contributed by atoms with van der Waals surface area (Å²) in [6.45, 7) is 3.22. The van der Waals surface area contributed by atoms with E-state index in [4.69, 9.17) is 11.1 Å². The average Bonchev–Trinajstić information content (AvgIpc) is 2.18. The van der Waals surface area contributed by atoms with Gasteiger partial charge in [0.05, 0.1) is 5.75 Å². The first-order valence-corrected chi connectivity index (χ1v) is 6.80. The van der Waals surface area contributed by atoms with E-state index >= 15 is 0 Å². The molecule has 5 nitrogen and oxygen atoms in total. The molecule has 1 aliphatic rings. The third-order valence-electron chi connectivity index (χ3n) is 2.96. The van der Waals surface area contributed by atoms with Crippen molar-refractivity contribution < 1.29 is 8.42 Å². The van der Waals surface area contributed by atoms with E-state index in [9.17, 15) is 8.42 Å². The van der Waals surface area contributed by atoms with Crippen LogP contribution in [0.15, 0.2) is 0 Å². The molecule has 0 aromatic heterocycles. The Balaban J connectivity index is 2.70. The monoisotopic (exact) mass is 233 g/mol. The zero-order valence-electron chi connectivity index (χ0n) is 9.02. The maximum atomic E-state index is 11.7. The minimum atomic E-state index is -3.19. The molecule has 0 amide bonds. The highest BCUT2D eigenvalue weighted by atomic mass is 32.2. The van der Waals surface area contributed by atoms with E-state index in [1.807, 2.05) is 0 Å². The lowest BCUT2D eigenvalue weighted by molar-refractivity contribution is 0.249. The molecule has 1 saturated heterocycles. The van der Waals surface area contributed by atoms with Gasteiger partial charge >= 0.3 is 0 Å². The molecule has 0 aromatic carbocycles. The van der Waals surface area contributed by atoms with Crippen molar-refractivity contribution in [2.75, 3.05) is 25.4 Å². The van der Waals surface area contributed by atoms with Gasteiger partial charge in [0, 0.05) is 25.6 Å². The SMILES string of the molecule is CC1CCN(S(=O)(=O)CCN)CC1C=N.